The van der Waals surface area contributed by atoms with Crippen LogP contribution < -0.4 is 5.32 Å². The van der Waals surface area contributed by atoms with Gasteiger partial charge >= 0.3 is 0 Å². The molecule has 6 rings (SSSR count). The van der Waals surface area contributed by atoms with Crippen LogP contribution in [0.3, 0.4) is 0 Å². The van der Waals surface area contributed by atoms with Crippen LogP contribution in [-0.4, -0.2) is 20.4 Å². The molecule has 2 aromatic carbocycles. The highest BCUT2D eigenvalue weighted by Gasteiger charge is 2.59. The second-order valence-corrected chi connectivity index (χ2v) is 9.98. The van der Waals surface area contributed by atoms with Crippen molar-refractivity contribution in [3.8, 4) is 11.1 Å². The zero-order valence-corrected chi connectivity index (χ0v) is 19.6. The number of benzene rings is 2. The molecule has 5 atom stereocenters. The van der Waals surface area contributed by atoms with Crippen LogP contribution in [0.5, 0.6) is 0 Å². The lowest BCUT2D eigenvalue weighted by molar-refractivity contribution is -0.120. The first-order valence-corrected chi connectivity index (χ1v) is 12.0. The van der Waals surface area contributed by atoms with Crippen LogP contribution in [0.2, 0.25) is 0 Å². The number of nitrogens with zero attached hydrogens (tertiary/aromatic N) is 3. The summed E-state index contributed by atoms with van der Waals surface area (Å²) in [6.07, 6.45) is 5.39. The van der Waals surface area contributed by atoms with Crippen LogP contribution in [0.25, 0.3) is 22.2 Å². The van der Waals surface area contributed by atoms with Crippen molar-refractivity contribution in [3.63, 3.8) is 0 Å². The molecule has 5 nitrogen and oxygen atoms in total. The molecular weight excluding hydrogens is 446 g/mol. The van der Waals surface area contributed by atoms with Gasteiger partial charge in [-0.25, -0.2) is 13.8 Å². The number of halogens is 2. The third-order valence-electron chi connectivity index (χ3n) is 7.88. The Morgan fingerprint density at radius 2 is 1.69 bits per heavy atom. The predicted octanol–water partition coefficient (Wildman–Crippen LogP) is 6.16. The molecule has 0 aliphatic heterocycles. The third kappa shape index (κ3) is 3.89. The minimum absolute atomic E-state index is 0.0383. The van der Waals surface area contributed by atoms with Crippen molar-refractivity contribution in [1.29, 1.82) is 0 Å². The number of aromatic nitrogens is 3. The van der Waals surface area contributed by atoms with Gasteiger partial charge in [0, 0.05) is 47.2 Å². The van der Waals surface area contributed by atoms with Gasteiger partial charge in [0.2, 0.25) is 5.91 Å². The summed E-state index contributed by atoms with van der Waals surface area (Å²) in [4.78, 5) is 21.6. The van der Waals surface area contributed by atoms with Gasteiger partial charge in [0.05, 0.1) is 17.4 Å². The maximum absolute atomic E-state index is 13.8. The van der Waals surface area contributed by atoms with E-state index in [0.29, 0.717) is 28.8 Å². The van der Waals surface area contributed by atoms with E-state index in [2.05, 4.69) is 15.3 Å². The molecule has 0 spiro atoms. The summed E-state index contributed by atoms with van der Waals surface area (Å²) >= 11 is 0. The first-order chi connectivity index (χ1) is 16.9. The molecule has 0 bridgehead atoms. The van der Waals surface area contributed by atoms with E-state index in [0.717, 1.165) is 41.4 Å². The summed E-state index contributed by atoms with van der Waals surface area (Å²) in [6.45, 7) is 3.96. The Bertz CT molecular complexity index is 1400. The second-order valence-electron chi connectivity index (χ2n) is 9.98. The minimum atomic E-state index is -0.876. The van der Waals surface area contributed by atoms with Crippen molar-refractivity contribution in [2.45, 2.75) is 32.7 Å². The van der Waals surface area contributed by atoms with Gasteiger partial charge in [-0.15, -0.1) is 0 Å². The summed E-state index contributed by atoms with van der Waals surface area (Å²) in [7, 11) is 0. The largest absolute Gasteiger partial charge is 0.327 e. The molecular formula is C28H26F2N4O. The summed E-state index contributed by atoms with van der Waals surface area (Å²) in [5.74, 6) is -0.477. The Morgan fingerprint density at radius 1 is 1.00 bits per heavy atom. The zero-order valence-electron chi connectivity index (χ0n) is 19.6. The van der Waals surface area contributed by atoms with E-state index in [1.54, 1.807) is 6.33 Å². The second kappa shape index (κ2) is 8.26. The van der Waals surface area contributed by atoms with Gasteiger partial charge < -0.3 is 9.88 Å². The van der Waals surface area contributed by atoms with Crippen molar-refractivity contribution < 1.29 is 13.6 Å². The first kappa shape index (κ1) is 21.9. The van der Waals surface area contributed by atoms with Gasteiger partial charge in [-0.2, -0.15) is 0 Å². The SMILES string of the molecule is Cc1ccc(-c2ccc(NC(=O)[C@@H](C)C3[C@H]4CC(n5cnc6cc(F)c(F)cc65)C[C@@H]34)cc2)cn1. The number of carbonyl (C=O) groups excluding carboxylic acids is 1. The van der Waals surface area contributed by atoms with Gasteiger partial charge in [-0.05, 0) is 61.3 Å². The van der Waals surface area contributed by atoms with E-state index in [-0.39, 0.29) is 17.9 Å². The number of imidazole rings is 1. The van der Waals surface area contributed by atoms with Gasteiger partial charge in [0.15, 0.2) is 11.6 Å². The molecule has 1 N–H and O–H groups in total. The lowest BCUT2D eigenvalue weighted by Gasteiger charge is -2.20. The van der Waals surface area contributed by atoms with Gasteiger partial charge in [-0.3, -0.25) is 9.78 Å². The predicted molar refractivity (Wildman–Crippen MR) is 131 cm³/mol. The number of hydrogen-bond acceptors (Lipinski definition) is 3. The monoisotopic (exact) mass is 472 g/mol. The fourth-order valence-electron chi connectivity index (χ4n) is 5.96. The summed E-state index contributed by atoms with van der Waals surface area (Å²) < 4.78 is 29.3. The van der Waals surface area contributed by atoms with Crippen molar-refractivity contribution in [2.24, 2.45) is 23.7 Å². The van der Waals surface area contributed by atoms with Crippen LogP contribution in [0.1, 0.15) is 31.5 Å². The highest BCUT2D eigenvalue weighted by atomic mass is 19.2. The van der Waals surface area contributed by atoms with Crippen LogP contribution in [0.15, 0.2) is 61.1 Å². The van der Waals surface area contributed by atoms with Crippen LogP contribution in [0.4, 0.5) is 14.5 Å². The fourth-order valence-corrected chi connectivity index (χ4v) is 5.96. The Morgan fingerprint density at radius 3 is 2.37 bits per heavy atom. The van der Waals surface area contributed by atoms with E-state index in [1.807, 2.05) is 61.0 Å². The van der Waals surface area contributed by atoms with E-state index in [9.17, 15) is 13.6 Å². The molecule has 35 heavy (non-hydrogen) atoms. The van der Waals surface area contributed by atoms with Crippen molar-refractivity contribution in [2.75, 3.05) is 5.32 Å². The molecule has 2 aromatic heterocycles. The first-order valence-electron chi connectivity index (χ1n) is 12.0. The Balaban J connectivity index is 1.08. The quantitative estimate of drug-likeness (QED) is 0.379. The summed E-state index contributed by atoms with van der Waals surface area (Å²) in [6, 6.07) is 14.4. The molecule has 2 saturated carbocycles. The van der Waals surface area contributed by atoms with Gasteiger partial charge in [-0.1, -0.05) is 25.1 Å². The molecule has 1 amide bonds. The molecule has 2 heterocycles. The standard InChI is InChI=1S/C28H26F2N4O/c1-15-3-4-18(13-31-15)17-5-7-19(8-6-17)33-28(35)16(2)27-21-9-20(10-22(21)27)34-14-32-25-11-23(29)24(30)12-26(25)34/h3-8,11-14,16,20-22,27H,9-10H2,1-2H3,(H,33,35)/t16-,20?,21-,22+,27?/m0/s1. The molecule has 2 fully saturated rings. The average Bonchev–Trinajstić information content (AvgIpc) is 3.15. The highest BCUT2D eigenvalue weighted by molar-refractivity contribution is 5.93. The van der Waals surface area contributed by atoms with Crippen molar-refractivity contribution >= 4 is 22.6 Å². The number of pyridine rings is 1. The molecule has 178 valence electrons. The number of anilines is 1. The summed E-state index contributed by atoms with van der Waals surface area (Å²) in [5.41, 5.74) is 4.96. The van der Waals surface area contributed by atoms with Crippen LogP contribution in [0, 0.1) is 42.2 Å². The highest BCUT2D eigenvalue weighted by Crippen LogP contribution is 2.64. The zero-order chi connectivity index (χ0) is 24.3. The van der Waals surface area contributed by atoms with E-state index in [4.69, 9.17) is 0 Å². The average molecular weight is 473 g/mol. The van der Waals surface area contributed by atoms with E-state index >= 15 is 0 Å². The maximum Gasteiger partial charge on any atom is 0.227 e. The number of carbonyl (C=O) groups is 1. The smallest absolute Gasteiger partial charge is 0.227 e. The lowest BCUT2D eigenvalue weighted by atomic mass is 9.96. The lowest BCUT2D eigenvalue weighted by Crippen LogP contribution is -2.24. The third-order valence-corrected chi connectivity index (χ3v) is 7.88. The van der Waals surface area contributed by atoms with E-state index < -0.39 is 11.6 Å². The maximum atomic E-state index is 13.8. The Kier molecular flexibility index (Phi) is 5.16. The number of aryl methyl sites for hydroxylation is 1. The number of amides is 1. The molecule has 7 heteroatoms. The molecule has 2 aliphatic rings. The number of fused-ring (bicyclic) bond motifs is 2. The van der Waals surface area contributed by atoms with Gasteiger partial charge in [0.25, 0.3) is 0 Å². The van der Waals surface area contributed by atoms with Gasteiger partial charge in [0.1, 0.15) is 0 Å². The summed E-state index contributed by atoms with van der Waals surface area (Å²) in [5, 5.41) is 3.07. The fraction of sp³-hybridized carbons (Fsp3) is 0.321. The number of rotatable bonds is 5. The molecule has 0 radical (unpaired) electrons. The van der Waals surface area contributed by atoms with Crippen LogP contribution >= 0.6 is 0 Å². The topological polar surface area (TPSA) is 59.8 Å². The van der Waals surface area contributed by atoms with E-state index in [1.165, 1.54) is 6.07 Å². The Hall–Kier alpha value is -3.61. The Labute approximate surface area is 202 Å². The molecule has 2 unspecified atom stereocenters. The molecule has 2 aliphatic carbocycles. The van der Waals surface area contributed by atoms with Crippen molar-refractivity contribution in [1.82, 2.24) is 14.5 Å². The van der Waals surface area contributed by atoms with Crippen LogP contribution in [-0.2, 0) is 4.79 Å². The molecule has 0 saturated heterocycles. The number of nitrogens with one attached hydrogen (secondary N) is 1. The van der Waals surface area contributed by atoms with Crippen molar-refractivity contribution in [3.05, 3.63) is 78.4 Å². The number of hydrogen-bond donors (Lipinski definition) is 1. The minimum Gasteiger partial charge on any atom is -0.327 e. The normalized spacial score (nSPS) is 23.8. The molecule has 4 aromatic rings.